The number of hydrogen-bond acceptors (Lipinski definition) is 5. The van der Waals surface area contributed by atoms with Gasteiger partial charge in [0.1, 0.15) is 6.61 Å². The molecule has 24 heavy (non-hydrogen) atoms. The van der Waals surface area contributed by atoms with Crippen molar-refractivity contribution < 1.29 is 24.9 Å². The monoisotopic (exact) mass is 344 g/mol. The molecule has 0 bridgehead atoms. The van der Waals surface area contributed by atoms with Crippen LogP contribution in [0.25, 0.3) is 0 Å². The van der Waals surface area contributed by atoms with E-state index >= 15 is 0 Å². The van der Waals surface area contributed by atoms with Crippen LogP contribution in [0.1, 0.15) is 71.1 Å². The Morgan fingerprint density at radius 1 is 0.875 bits per heavy atom. The Balaban J connectivity index is 3.54. The second kappa shape index (κ2) is 15.6. The number of hydrogen-bond donors (Lipinski definition) is 3. The van der Waals surface area contributed by atoms with Crippen molar-refractivity contribution in [2.24, 2.45) is 5.41 Å². The number of esters is 1. The molecule has 0 radical (unpaired) electrons. The van der Waals surface area contributed by atoms with Crippen molar-refractivity contribution in [2.75, 3.05) is 26.4 Å². The molecule has 0 saturated heterocycles. The summed E-state index contributed by atoms with van der Waals surface area (Å²) in [6.07, 6.45) is 15.0. The van der Waals surface area contributed by atoms with Crippen LogP contribution in [0, 0.1) is 5.41 Å². The lowest BCUT2D eigenvalue weighted by molar-refractivity contribution is -0.151. The summed E-state index contributed by atoms with van der Waals surface area (Å²) in [4.78, 5) is 11.6. The lowest BCUT2D eigenvalue weighted by atomic mass is 9.93. The molecule has 0 atom stereocenters. The number of ether oxygens (including phenoxy) is 1. The van der Waals surface area contributed by atoms with E-state index in [2.05, 4.69) is 19.1 Å². The number of allylic oxidation sites excluding steroid dienone is 2. The van der Waals surface area contributed by atoms with Gasteiger partial charge in [0, 0.05) is 6.42 Å². The largest absolute Gasteiger partial charge is 0.465 e. The first kappa shape index (κ1) is 23.1. The molecule has 3 N–H and O–H groups in total. The molecular formula is C19H36O5. The molecule has 0 aromatic carbocycles. The van der Waals surface area contributed by atoms with Gasteiger partial charge >= 0.3 is 5.97 Å². The minimum Gasteiger partial charge on any atom is -0.465 e. The van der Waals surface area contributed by atoms with Gasteiger partial charge in [0.2, 0.25) is 0 Å². The van der Waals surface area contributed by atoms with Gasteiger partial charge in [-0.1, -0.05) is 51.2 Å². The highest BCUT2D eigenvalue weighted by Crippen LogP contribution is 2.16. The van der Waals surface area contributed by atoms with Crippen molar-refractivity contribution in [2.45, 2.75) is 71.1 Å². The second-order valence-electron chi connectivity index (χ2n) is 6.56. The van der Waals surface area contributed by atoms with Gasteiger partial charge in [-0.25, -0.2) is 0 Å². The van der Waals surface area contributed by atoms with Gasteiger partial charge in [-0.15, -0.1) is 0 Å². The summed E-state index contributed by atoms with van der Waals surface area (Å²) in [5.74, 6) is -0.339. The number of carbonyl (C=O) groups is 1. The molecule has 0 heterocycles. The third-order valence-electron chi connectivity index (χ3n) is 4.19. The van der Waals surface area contributed by atoms with Gasteiger partial charge in [0.05, 0.1) is 25.2 Å². The summed E-state index contributed by atoms with van der Waals surface area (Å²) in [6, 6.07) is 0. The van der Waals surface area contributed by atoms with Crippen LogP contribution in [0.15, 0.2) is 12.2 Å². The van der Waals surface area contributed by atoms with Crippen LogP contribution in [0.5, 0.6) is 0 Å². The Morgan fingerprint density at radius 2 is 1.42 bits per heavy atom. The summed E-state index contributed by atoms with van der Waals surface area (Å²) in [6.45, 7) is 0.798. The van der Waals surface area contributed by atoms with Crippen molar-refractivity contribution in [3.05, 3.63) is 12.2 Å². The summed E-state index contributed by atoms with van der Waals surface area (Å²) in [7, 11) is 0. The van der Waals surface area contributed by atoms with E-state index in [9.17, 15) is 4.79 Å². The van der Waals surface area contributed by atoms with Gasteiger partial charge < -0.3 is 20.1 Å². The first-order valence-corrected chi connectivity index (χ1v) is 9.27. The molecular weight excluding hydrogens is 308 g/mol. The lowest BCUT2D eigenvalue weighted by Gasteiger charge is -2.26. The van der Waals surface area contributed by atoms with Crippen molar-refractivity contribution in [3.63, 3.8) is 0 Å². The van der Waals surface area contributed by atoms with Gasteiger partial charge in [-0.2, -0.15) is 0 Å². The maximum Gasteiger partial charge on any atom is 0.305 e. The first-order chi connectivity index (χ1) is 11.6. The number of carbonyl (C=O) groups excluding carboxylic acids is 1. The first-order valence-electron chi connectivity index (χ1n) is 9.27. The molecule has 0 spiro atoms. The third kappa shape index (κ3) is 11.6. The zero-order valence-corrected chi connectivity index (χ0v) is 15.2. The van der Waals surface area contributed by atoms with Gasteiger partial charge in [-0.05, 0) is 25.7 Å². The van der Waals surface area contributed by atoms with Crippen LogP contribution in [0.3, 0.4) is 0 Å². The number of rotatable bonds is 16. The molecule has 0 aliphatic carbocycles. The zero-order chi connectivity index (χ0) is 18.1. The normalized spacial score (nSPS) is 12.0. The van der Waals surface area contributed by atoms with E-state index in [1.807, 2.05) is 0 Å². The second-order valence-corrected chi connectivity index (χ2v) is 6.56. The fraction of sp³-hybridized carbons (Fsp3) is 0.842. The predicted octanol–water partition coefficient (Wildman–Crippen LogP) is 2.97. The Morgan fingerprint density at radius 3 is 2.00 bits per heavy atom. The molecule has 0 unspecified atom stereocenters. The average Bonchev–Trinajstić information content (AvgIpc) is 2.61. The highest BCUT2D eigenvalue weighted by molar-refractivity contribution is 5.69. The molecule has 5 nitrogen and oxygen atoms in total. The van der Waals surface area contributed by atoms with Crippen LogP contribution >= 0.6 is 0 Å². The van der Waals surface area contributed by atoms with Gasteiger partial charge in [0.25, 0.3) is 0 Å². The minimum atomic E-state index is -1.14. The molecule has 0 aromatic rings. The molecule has 0 amide bonds. The van der Waals surface area contributed by atoms with E-state index in [1.165, 1.54) is 32.1 Å². The summed E-state index contributed by atoms with van der Waals surface area (Å²) in [5, 5.41) is 27.5. The number of aliphatic hydroxyl groups excluding tert-OH is 3. The van der Waals surface area contributed by atoms with E-state index < -0.39 is 25.2 Å². The van der Waals surface area contributed by atoms with E-state index in [4.69, 9.17) is 20.1 Å². The Bertz CT molecular complexity index is 315. The van der Waals surface area contributed by atoms with Crippen LogP contribution < -0.4 is 0 Å². The molecule has 0 rings (SSSR count). The van der Waals surface area contributed by atoms with Crippen LogP contribution in [0.4, 0.5) is 0 Å². The molecule has 0 aliphatic rings. The predicted molar refractivity (Wildman–Crippen MR) is 95.6 cm³/mol. The average molecular weight is 344 g/mol. The SMILES string of the molecule is CCCC/C=C\CCCCCCCC(=O)OCC(CO)(CO)CO. The van der Waals surface area contributed by atoms with Crippen molar-refractivity contribution in [3.8, 4) is 0 Å². The molecule has 142 valence electrons. The van der Waals surface area contributed by atoms with Crippen LogP contribution in [-0.2, 0) is 9.53 Å². The smallest absolute Gasteiger partial charge is 0.305 e. The van der Waals surface area contributed by atoms with Crippen LogP contribution in [0.2, 0.25) is 0 Å². The zero-order valence-electron chi connectivity index (χ0n) is 15.2. The van der Waals surface area contributed by atoms with E-state index in [1.54, 1.807) is 0 Å². The topological polar surface area (TPSA) is 87.0 Å². The highest BCUT2D eigenvalue weighted by atomic mass is 16.5. The quantitative estimate of drug-likeness (QED) is 0.228. The Labute approximate surface area is 146 Å². The highest BCUT2D eigenvalue weighted by Gasteiger charge is 2.29. The summed E-state index contributed by atoms with van der Waals surface area (Å²) >= 11 is 0. The summed E-state index contributed by atoms with van der Waals surface area (Å²) < 4.78 is 5.04. The number of aliphatic hydroxyl groups is 3. The van der Waals surface area contributed by atoms with E-state index in [-0.39, 0.29) is 12.6 Å². The van der Waals surface area contributed by atoms with Gasteiger partial charge in [-0.3, -0.25) is 4.79 Å². The molecule has 0 saturated carbocycles. The maximum absolute atomic E-state index is 11.6. The van der Waals surface area contributed by atoms with E-state index in [0.717, 1.165) is 25.7 Å². The van der Waals surface area contributed by atoms with Crippen molar-refractivity contribution in [1.82, 2.24) is 0 Å². The Kier molecular flexibility index (Phi) is 15.0. The molecule has 0 aliphatic heterocycles. The Hall–Kier alpha value is -0.910. The maximum atomic E-state index is 11.6. The van der Waals surface area contributed by atoms with Crippen LogP contribution in [-0.4, -0.2) is 47.7 Å². The molecule has 0 fully saturated rings. The number of unbranched alkanes of at least 4 members (excludes halogenated alkanes) is 7. The lowest BCUT2D eigenvalue weighted by Crippen LogP contribution is -2.39. The standard InChI is InChI=1S/C19H36O5/c1-2-3-4-5-6-7-8-9-10-11-12-13-18(23)24-17-19(14-20,15-21)16-22/h5-6,20-22H,2-4,7-17H2,1H3/b6-5-. The van der Waals surface area contributed by atoms with Crippen molar-refractivity contribution in [1.29, 1.82) is 0 Å². The third-order valence-corrected chi connectivity index (χ3v) is 4.19. The molecule has 0 aromatic heterocycles. The summed E-state index contributed by atoms with van der Waals surface area (Å²) in [5.41, 5.74) is -1.14. The minimum absolute atomic E-state index is 0.153. The van der Waals surface area contributed by atoms with Crippen molar-refractivity contribution >= 4 is 5.97 Å². The fourth-order valence-corrected chi connectivity index (χ4v) is 2.21. The fourth-order valence-electron chi connectivity index (χ4n) is 2.21. The van der Waals surface area contributed by atoms with E-state index in [0.29, 0.717) is 6.42 Å². The molecule has 5 heteroatoms. The van der Waals surface area contributed by atoms with Gasteiger partial charge in [0.15, 0.2) is 0 Å².